The van der Waals surface area contributed by atoms with Crippen LogP contribution in [0.4, 0.5) is 4.39 Å². The highest BCUT2D eigenvalue weighted by molar-refractivity contribution is 6.03. The number of amides is 2. The fourth-order valence-corrected chi connectivity index (χ4v) is 3.16. The number of nitrogens with one attached hydrogen (secondary N) is 3. The van der Waals surface area contributed by atoms with Gasteiger partial charge in [-0.3, -0.25) is 14.6 Å². The van der Waals surface area contributed by atoms with Gasteiger partial charge in [0, 0.05) is 23.5 Å². The van der Waals surface area contributed by atoms with Gasteiger partial charge >= 0.3 is 0 Å². The third-order valence-electron chi connectivity index (χ3n) is 4.58. The van der Waals surface area contributed by atoms with Gasteiger partial charge in [-0.1, -0.05) is 0 Å². The third-order valence-corrected chi connectivity index (χ3v) is 4.58. The van der Waals surface area contributed by atoms with Crippen LogP contribution in [0.1, 0.15) is 37.6 Å². The van der Waals surface area contributed by atoms with Gasteiger partial charge in [-0.15, -0.1) is 0 Å². The van der Waals surface area contributed by atoms with Crippen molar-refractivity contribution in [2.45, 2.75) is 26.3 Å². The molecule has 1 radical (unpaired) electrons. The summed E-state index contributed by atoms with van der Waals surface area (Å²) in [7, 11) is 0. The van der Waals surface area contributed by atoms with E-state index in [4.69, 9.17) is 5.26 Å². The Bertz CT molecular complexity index is 1070. The molecular formula is C20H16FN6O2. The number of nitrogens with zero attached hydrogens (tertiary/aromatic N) is 3. The molecule has 8 nitrogen and oxygen atoms in total. The lowest BCUT2D eigenvalue weighted by Gasteiger charge is -2.29. The second-order valence-electron chi connectivity index (χ2n) is 6.48. The van der Waals surface area contributed by atoms with E-state index >= 15 is 0 Å². The van der Waals surface area contributed by atoms with Crippen molar-refractivity contribution in [1.82, 2.24) is 20.9 Å². The lowest BCUT2D eigenvalue weighted by molar-refractivity contribution is -0.123. The SMILES string of the molecule is CC1=C(CC(=O)N[C@H](C)c2ncc(C#N)cc2F)C(=O)N[C]2C=CNC(C#N)=C21. The van der Waals surface area contributed by atoms with Gasteiger partial charge in [-0.05, 0) is 31.6 Å². The number of dihydropyridines is 1. The van der Waals surface area contributed by atoms with Crippen LogP contribution in [-0.4, -0.2) is 16.8 Å². The molecule has 3 heterocycles. The Balaban J connectivity index is 1.80. The summed E-state index contributed by atoms with van der Waals surface area (Å²) in [5, 5.41) is 26.2. The van der Waals surface area contributed by atoms with E-state index in [2.05, 4.69) is 20.9 Å². The number of carbonyl (C=O) groups is 2. The molecule has 2 aliphatic heterocycles. The molecule has 1 atom stereocenters. The largest absolute Gasteiger partial charge is 0.353 e. The van der Waals surface area contributed by atoms with Crippen molar-refractivity contribution >= 4 is 11.8 Å². The monoisotopic (exact) mass is 391 g/mol. The fourth-order valence-electron chi connectivity index (χ4n) is 3.16. The molecule has 3 rings (SSSR count). The van der Waals surface area contributed by atoms with Crippen LogP contribution in [0.15, 0.2) is 47.0 Å². The molecule has 0 saturated heterocycles. The number of aromatic nitrogens is 1. The second kappa shape index (κ2) is 7.95. The van der Waals surface area contributed by atoms with Crippen molar-refractivity contribution < 1.29 is 14.0 Å². The number of allylic oxidation sites excluding steroid dienone is 1. The standard InChI is InChI=1S/C20H16FN6O2/c1-10-13(20(29)27-15-3-4-24-16(8-23)18(10)15)6-17(28)26-11(2)19-14(21)5-12(7-22)9-25-19/h3-5,9,11,24H,6H2,1-2H3,(H,26,28)(H,27,29)/t11-/m1/s1. The molecule has 0 spiro atoms. The maximum Gasteiger partial charge on any atom is 0.249 e. The zero-order valence-corrected chi connectivity index (χ0v) is 15.6. The Morgan fingerprint density at radius 3 is 2.79 bits per heavy atom. The number of rotatable bonds is 4. The molecule has 9 heteroatoms. The van der Waals surface area contributed by atoms with E-state index in [-0.39, 0.29) is 28.9 Å². The molecular weight excluding hydrogens is 375 g/mol. The van der Waals surface area contributed by atoms with E-state index in [0.29, 0.717) is 17.2 Å². The zero-order valence-electron chi connectivity index (χ0n) is 15.6. The number of hydrogen-bond acceptors (Lipinski definition) is 6. The molecule has 0 unspecified atom stereocenters. The lowest BCUT2D eigenvalue weighted by atomic mass is 9.86. The summed E-state index contributed by atoms with van der Waals surface area (Å²) in [6.45, 7) is 3.22. The maximum atomic E-state index is 14.1. The Kier molecular flexibility index (Phi) is 5.42. The van der Waals surface area contributed by atoms with Crippen LogP contribution >= 0.6 is 0 Å². The first-order chi connectivity index (χ1) is 13.8. The first-order valence-corrected chi connectivity index (χ1v) is 8.66. The Morgan fingerprint density at radius 1 is 1.38 bits per heavy atom. The van der Waals surface area contributed by atoms with Gasteiger partial charge in [-0.2, -0.15) is 10.5 Å². The molecule has 0 bridgehead atoms. The van der Waals surface area contributed by atoms with Gasteiger partial charge in [0.05, 0.1) is 23.7 Å². The van der Waals surface area contributed by atoms with Crippen molar-refractivity contribution in [3.63, 3.8) is 0 Å². The first-order valence-electron chi connectivity index (χ1n) is 8.66. The minimum atomic E-state index is -0.766. The van der Waals surface area contributed by atoms with Crippen molar-refractivity contribution in [3.8, 4) is 12.1 Å². The van der Waals surface area contributed by atoms with Crippen LogP contribution in [0, 0.1) is 34.5 Å². The summed E-state index contributed by atoms with van der Waals surface area (Å²) >= 11 is 0. The number of nitriles is 2. The molecule has 0 aromatic carbocycles. The topological polar surface area (TPSA) is 131 Å². The summed E-state index contributed by atoms with van der Waals surface area (Å²) < 4.78 is 14.1. The number of fused-ring (bicyclic) bond motifs is 1. The predicted octanol–water partition coefficient (Wildman–Crippen LogP) is 1.53. The molecule has 0 aliphatic carbocycles. The van der Waals surface area contributed by atoms with Crippen molar-refractivity contribution in [2.24, 2.45) is 0 Å². The molecule has 2 amide bonds. The van der Waals surface area contributed by atoms with Gasteiger partial charge < -0.3 is 16.0 Å². The number of pyridine rings is 1. The summed E-state index contributed by atoms with van der Waals surface area (Å²) in [5.41, 5.74) is 1.60. The quantitative estimate of drug-likeness (QED) is 0.713. The molecule has 1 aromatic rings. The van der Waals surface area contributed by atoms with Gasteiger partial charge in [-0.25, -0.2) is 4.39 Å². The summed E-state index contributed by atoms with van der Waals surface area (Å²) in [6.07, 6.45) is 4.15. The minimum absolute atomic E-state index is 0.0112. The molecule has 3 N–H and O–H groups in total. The van der Waals surface area contributed by atoms with E-state index in [1.54, 1.807) is 32.2 Å². The van der Waals surface area contributed by atoms with E-state index in [0.717, 1.165) is 6.07 Å². The van der Waals surface area contributed by atoms with Gasteiger partial charge in [0.2, 0.25) is 11.8 Å². The van der Waals surface area contributed by atoms with E-state index < -0.39 is 23.7 Å². The Labute approximate surface area is 166 Å². The second-order valence-corrected chi connectivity index (χ2v) is 6.48. The number of halogens is 1. The highest BCUT2D eigenvalue weighted by Crippen LogP contribution is 2.33. The zero-order chi connectivity index (χ0) is 21.1. The Hall–Kier alpha value is -3.98. The van der Waals surface area contributed by atoms with Gasteiger partial charge in [0.15, 0.2) is 0 Å². The van der Waals surface area contributed by atoms with Crippen molar-refractivity contribution in [1.29, 1.82) is 10.5 Å². The smallest absolute Gasteiger partial charge is 0.249 e. The minimum Gasteiger partial charge on any atom is -0.353 e. The lowest BCUT2D eigenvalue weighted by Crippen LogP contribution is -2.40. The molecule has 2 aliphatic rings. The summed E-state index contributed by atoms with van der Waals surface area (Å²) in [5.74, 6) is -1.64. The average Bonchev–Trinajstić information content (AvgIpc) is 2.70. The van der Waals surface area contributed by atoms with Crippen LogP contribution < -0.4 is 16.0 Å². The number of carbonyl (C=O) groups excluding carboxylic acids is 2. The van der Waals surface area contributed by atoms with Crippen LogP contribution in [0.2, 0.25) is 0 Å². The van der Waals surface area contributed by atoms with Crippen LogP contribution in [0.25, 0.3) is 0 Å². The first kappa shape index (κ1) is 19.8. The summed E-state index contributed by atoms with van der Waals surface area (Å²) in [6, 6.07) is 4.59. The average molecular weight is 391 g/mol. The van der Waals surface area contributed by atoms with E-state index in [1.165, 1.54) is 6.20 Å². The predicted molar refractivity (Wildman–Crippen MR) is 99.1 cm³/mol. The third kappa shape index (κ3) is 3.85. The van der Waals surface area contributed by atoms with Crippen LogP contribution in [0.5, 0.6) is 0 Å². The summed E-state index contributed by atoms with van der Waals surface area (Å²) in [4.78, 5) is 28.8. The fraction of sp³-hybridized carbons (Fsp3) is 0.200. The highest BCUT2D eigenvalue weighted by Gasteiger charge is 2.33. The molecule has 0 fully saturated rings. The van der Waals surface area contributed by atoms with Crippen LogP contribution in [-0.2, 0) is 9.59 Å². The van der Waals surface area contributed by atoms with Gasteiger partial charge in [0.25, 0.3) is 0 Å². The van der Waals surface area contributed by atoms with Crippen molar-refractivity contribution in [3.05, 3.63) is 70.1 Å². The normalized spacial score (nSPS) is 16.9. The van der Waals surface area contributed by atoms with Gasteiger partial charge in [0.1, 0.15) is 29.7 Å². The molecule has 1 aromatic heterocycles. The van der Waals surface area contributed by atoms with Crippen molar-refractivity contribution in [2.75, 3.05) is 0 Å². The maximum absolute atomic E-state index is 14.1. The molecule has 0 saturated carbocycles. The Morgan fingerprint density at radius 2 is 2.14 bits per heavy atom. The van der Waals surface area contributed by atoms with E-state index in [1.807, 2.05) is 6.07 Å². The number of hydrogen-bond donors (Lipinski definition) is 3. The highest BCUT2D eigenvalue weighted by atomic mass is 19.1. The van der Waals surface area contributed by atoms with E-state index in [9.17, 15) is 19.2 Å². The molecule has 145 valence electrons. The molecule has 29 heavy (non-hydrogen) atoms. The van der Waals surface area contributed by atoms with Crippen LogP contribution in [0.3, 0.4) is 0 Å².